The van der Waals surface area contributed by atoms with E-state index in [0.717, 1.165) is 29.8 Å². The molecule has 0 radical (unpaired) electrons. The minimum atomic E-state index is 0.605. The van der Waals surface area contributed by atoms with Gasteiger partial charge in [-0.3, -0.25) is 9.88 Å². The van der Waals surface area contributed by atoms with Gasteiger partial charge < -0.3 is 5.32 Å². The Morgan fingerprint density at radius 1 is 1.45 bits per heavy atom. The summed E-state index contributed by atoms with van der Waals surface area (Å²) in [6.07, 6.45) is 4.40. The van der Waals surface area contributed by atoms with Crippen LogP contribution in [-0.4, -0.2) is 35.1 Å². The molecule has 20 heavy (non-hydrogen) atoms. The van der Waals surface area contributed by atoms with Crippen LogP contribution in [0.15, 0.2) is 22.8 Å². The molecular formula is C16H26BrN3. The number of nitrogens with zero attached hydrogens (tertiary/aromatic N) is 2. The van der Waals surface area contributed by atoms with Crippen molar-refractivity contribution in [1.29, 1.82) is 0 Å². The normalized spacial score (nSPS) is 24.2. The number of piperazine rings is 1. The molecular weight excluding hydrogens is 314 g/mol. The highest BCUT2D eigenvalue weighted by Gasteiger charge is 2.29. The van der Waals surface area contributed by atoms with Crippen molar-refractivity contribution in [2.45, 2.75) is 52.2 Å². The van der Waals surface area contributed by atoms with Gasteiger partial charge in [0.25, 0.3) is 0 Å². The van der Waals surface area contributed by atoms with E-state index in [1.165, 1.54) is 12.8 Å². The molecule has 1 fully saturated rings. The number of halogens is 1. The van der Waals surface area contributed by atoms with Crippen molar-refractivity contribution in [2.24, 2.45) is 5.92 Å². The van der Waals surface area contributed by atoms with E-state index in [9.17, 15) is 0 Å². The summed E-state index contributed by atoms with van der Waals surface area (Å²) in [4.78, 5) is 7.14. The van der Waals surface area contributed by atoms with E-state index >= 15 is 0 Å². The summed E-state index contributed by atoms with van der Waals surface area (Å²) in [5.74, 6) is 0.667. The molecule has 2 heterocycles. The number of aromatic nitrogens is 1. The van der Waals surface area contributed by atoms with Gasteiger partial charge in [-0.2, -0.15) is 0 Å². The Bertz CT molecular complexity index is 405. The van der Waals surface area contributed by atoms with Crippen molar-refractivity contribution in [3.8, 4) is 0 Å². The molecule has 0 aliphatic carbocycles. The van der Waals surface area contributed by atoms with Gasteiger partial charge in [-0.05, 0) is 40.4 Å². The van der Waals surface area contributed by atoms with Gasteiger partial charge in [0.15, 0.2) is 0 Å². The first-order valence-corrected chi connectivity index (χ1v) is 8.47. The second-order valence-electron chi connectivity index (χ2n) is 6.10. The smallest absolute Gasteiger partial charge is 0.0544 e. The van der Waals surface area contributed by atoms with Crippen molar-refractivity contribution in [1.82, 2.24) is 15.2 Å². The average Bonchev–Trinajstić information content (AvgIpc) is 2.42. The second-order valence-corrected chi connectivity index (χ2v) is 7.02. The van der Waals surface area contributed by atoms with Crippen LogP contribution in [0.25, 0.3) is 0 Å². The molecule has 0 aromatic carbocycles. The van der Waals surface area contributed by atoms with E-state index < -0.39 is 0 Å². The first-order chi connectivity index (χ1) is 9.60. The van der Waals surface area contributed by atoms with Gasteiger partial charge in [0.2, 0.25) is 0 Å². The molecule has 1 saturated heterocycles. The molecule has 2 unspecified atom stereocenters. The van der Waals surface area contributed by atoms with Gasteiger partial charge in [0, 0.05) is 42.4 Å². The maximum Gasteiger partial charge on any atom is 0.0544 e. The quantitative estimate of drug-likeness (QED) is 0.890. The summed E-state index contributed by atoms with van der Waals surface area (Å²) < 4.78 is 1.05. The standard InChI is InChI=1S/C16H26BrN3/c1-4-5-14-10-20(16(9-19-14)12(2)3)11-15-7-6-13(17)8-18-15/h6-8,12,14,16,19H,4-5,9-11H2,1-3H3. The van der Waals surface area contributed by atoms with Crippen molar-refractivity contribution < 1.29 is 0 Å². The number of nitrogens with one attached hydrogen (secondary N) is 1. The topological polar surface area (TPSA) is 28.2 Å². The van der Waals surface area contributed by atoms with Crippen LogP contribution >= 0.6 is 15.9 Å². The predicted molar refractivity (Wildman–Crippen MR) is 87.7 cm³/mol. The molecule has 0 spiro atoms. The highest BCUT2D eigenvalue weighted by molar-refractivity contribution is 9.10. The van der Waals surface area contributed by atoms with Gasteiger partial charge in [-0.15, -0.1) is 0 Å². The van der Waals surface area contributed by atoms with E-state index in [2.05, 4.69) is 64.0 Å². The molecule has 1 aromatic rings. The number of hydrogen-bond acceptors (Lipinski definition) is 3. The van der Waals surface area contributed by atoms with E-state index in [-0.39, 0.29) is 0 Å². The SMILES string of the molecule is CCCC1CN(Cc2ccc(Br)cn2)C(C(C)C)CN1. The van der Waals surface area contributed by atoms with Crippen LogP contribution in [0.5, 0.6) is 0 Å². The fourth-order valence-electron chi connectivity index (χ4n) is 2.99. The minimum absolute atomic E-state index is 0.605. The van der Waals surface area contributed by atoms with Gasteiger partial charge in [0.05, 0.1) is 5.69 Å². The zero-order valence-corrected chi connectivity index (χ0v) is 14.4. The van der Waals surface area contributed by atoms with Crippen molar-refractivity contribution >= 4 is 15.9 Å². The Hall–Kier alpha value is -0.450. The van der Waals surface area contributed by atoms with E-state index in [1.807, 2.05) is 6.20 Å². The van der Waals surface area contributed by atoms with Crippen molar-refractivity contribution in [2.75, 3.05) is 13.1 Å². The molecule has 2 rings (SSSR count). The van der Waals surface area contributed by atoms with Gasteiger partial charge >= 0.3 is 0 Å². The summed E-state index contributed by atoms with van der Waals surface area (Å²) in [6.45, 7) is 10.1. The molecule has 0 bridgehead atoms. The molecule has 4 heteroatoms. The molecule has 3 nitrogen and oxygen atoms in total. The minimum Gasteiger partial charge on any atom is -0.311 e. The fourth-order valence-corrected chi connectivity index (χ4v) is 3.22. The first kappa shape index (κ1) is 15.9. The van der Waals surface area contributed by atoms with E-state index in [1.54, 1.807) is 0 Å². The van der Waals surface area contributed by atoms with Crippen LogP contribution in [0.3, 0.4) is 0 Å². The highest BCUT2D eigenvalue weighted by Crippen LogP contribution is 2.19. The third-order valence-corrected chi connectivity index (χ3v) is 4.57. The number of pyridine rings is 1. The lowest BCUT2D eigenvalue weighted by Gasteiger charge is -2.42. The average molecular weight is 340 g/mol. The summed E-state index contributed by atoms with van der Waals surface area (Å²) >= 11 is 3.45. The Balaban J connectivity index is 2.04. The highest BCUT2D eigenvalue weighted by atomic mass is 79.9. The lowest BCUT2D eigenvalue weighted by atomic mass is 9.97. The molecule has 1 N–H and O–H groups in total. The third-order valence-electron chi connectivity index (χ3n) is 4.10. The van der Waals surface area contributed by atoms with Crippen LogP contribution in [-0.2, 0) is 6.54 Å². The second kappa shape index (κ2) is 7.53. The third kappa shape index (κ3) is 4.27. The molecule has 112 valence electrons. The predicted octanol–water partition coefficient (Wildman–Crippen LogP) is 3.44. The molecule has 0 saturated carbocycles. The summed E-state index contributed by atoms with van der Waals surface area (Å²) in [7, 11) is 0. The Labute approximate surface area is 131 Å². The molecule has 2 atom stereocenters. The summed E-state index contributed by atoms with van der Waals surface area (Å²) in [6, 6.07) is 5.44. The van der Waals surface area contributed by atoms with Crippen LogP contribution in [0, 0.1) is 5.92 Å². The monoisotopic (exact) mass is 339 g/mol. The van der Waals surface area contributed by atoms with Crippen LogP contribution < -0.4 is 5.32 Å². The van der Waals surface area contributed by atoms with Crippen molar-refractivity contribution in [3.63, 3.8) is 0 Å². The van der Waals surface area contributed by atoms with Crippen LogP contribution in [0.1, 0.15) is 39.3 Å². The molecule has 0 amide bonds. The van der Waals surface area contributed by atoms with Gasteiger partial charge in [-0.25, -0.2) is 0 Å². The maximum absolute atomic E-state index is 4.53. The van der Waals surface area contributed by atoms with Crippen molar-refractivity contribution in [3.05, 3.63) is 28.5 Å². The molecule has 1 aromatic heterocycles. The number of hydrogen-bond donors (Lipinski definition) is 1. The molecule has 1 aliphatic rings. The Kier molecular flexibility index (Phi) is 6.00. The van der Waals surface area contributed by atoms with Gasteiger partial charge in [0.1, 0.15) is 0 Å². The Morgan fingerprint density at radius 3 is 2.85 bits per heavy atom. The van der Waals surface area contributed by atoms with E-state index in [0.29, 0.717) is 18.0 Å². The maximum atomic E-state index is 4.53. The van der Waals surface area contributed by atoms with Crippen LogP contribution in [0.4, 0.5) is 0 Å². The lowest BCUT2D eigenvalue weighted by Crippen LogP contribution is -2.57. The van der Waals surface area contributed by atoms with Gasteiger partial charge in [-0.1, -0.05) is 27.2 Å². The first-order valence-electron chi connectivity index (χ1n) is 7.68. The summed E-state index contributed by atoms with van der Waals surface area (Å²) in [5.41, 5.74) is 1.16. The largest absolute Gasteiger partial charge is 0.311 e. The summed E-state index contributed by atoms with van der Waals surface area (Å²) in [5, 5.41) is 3.71. The number of rotatable bonds is 5. The lowest BCUT2D eigenvalue weighted by molar-refractivity contribution is 0.0873. The fraction of sp³-hybridized carbons (Fsp3) is 0.688. The zero-order valence-electron chi connectivity index (χ0n) is 12.8. The molecule has 1 aliphatic heterocycles. The van der Waals surface area contributed by atoms with E-state index in [4.69, 9.17) is 0 Å². The van der Waals surface area contributed by atoms with Crippen LogP contribution in [0.2, 0.25) is 0 Å². The zero-order chi connectivity index (χ0) is 14.5. The Morgan fingerprint density at radius 2 is 2.25 bits per heavy atom.